The van der Waals surface area contributed by atoms with Crippen molar-refractivity contribution in [3.8, 4) is 0 Å². The largest absolute Gasteiger partial charge is 1.00 e. The van der Waals surface area contributed by atoms with Crippen molar-refractivity contribution in [2.75, 3.05) is 19.6 Å². The summed E-state index contributed by atoms with van der Waals surface area (Å²) >= 11 is 2.27. The fraction of sp³-hybridized carbons (Fsp3) is 0.467. The summed E-state index contributed by atoms with van der Waals surface area (Å²) in [6.45, 7) is 8.02. The molecule has 0 heterocycles. The summed E-state index contributed by atoms with van der Waals surface area (Å²) in [7, 11) is 0. The quantitative estimate of drug-likeness (QED) is 0.469. The summed E-state index contributed by atoms with van der Waals surface area (Å²) in [4.78, 5) is 2.51. The van der Waals surface area contributed by atoms with Crippen LogP contribution >= 0.6 is 0 Å². The number of nitrogens with zero attached hydrogens (tertiary/aromatic N) is 1. The molecule has 0 N–H and O–H groups in total. The van der Waals surface area contributed by atoms with Crippen LogP contribution in [0.1, 0.15) is 37.3 Å². The van der Waals surface area contributed by atoms with Gasteiger partial charge in [-0.05, 0) is 0 Å². The Morgan fingerprint density at radius 3 is 2.25 bits per heavy atom. The third kappa shape index (κ3) is 5.37. The summed E-state index contributed by atoms with van der Waals surface area (Å²) in [5.41, 5.74) is 2.95. The average Bonchev–Trinajstić information content (AvgIpc) is 2.67. The summed E-state index contributed by atoms with van der Waals surface area (Å²) in [6.07, 6.45) is 3.60. The second-order valence-electron chi connectivity index (χ2n) is 4.60. The topological polar surface area (TPSA) is 3.24 Å². The van der Waals surface area contributed by atoms with E-state index in [2.05, 4.69) is 69.5 Å². The Hall–Kier alpha value is 0.504. The van der Waals surface area contributed by atoms with E-state index in [1.165, 1.54) is 28.0 Å². The van der Waals surface area contributed by atoms with Crippen LogP contribution in [0.15, 0.2) is 28.1 Å². The molecule has 1 aliphatic rings. The Kier molecular flexibility index (Phi) is 12.7. The smallest absolute Gasteiger partial charge is 1.00 e. The van der Waals surface area contributed by atoms with E-state index >= 15 is 0 Å². The van der Waals surface area contributed by atoms with Gasteiger partial charge in [0.05, 0.1) is 0 Å². The molecule has 20 heavy (non-hydrogen) atoms. The summed E-state index contributed by atoms with van der Waals surface area (Å²) < 4.78 is 1.53. The van der Waals surface area contributed by atoms with Gasteiger partial charge in [-0.15, -0.1) is 0 Å². The van der Waals surface area contributed by atoms with E-state index in [1.54, 1.807) is 0 Å². The molecule has 1 nitrogen and oxygen atoms in total. The molecule has 110 valence electrons. The van der Waals surface area contributed by atoms with Gasteiger partial charge in [0.2, 0.25) is 0 Å². The zero-order chi connectivity index (χ0) is 12.3. The summed E-state index contributed by atoms with van der Waals surface area (Å²) in [5.74, 6) is 0.645. The Bertz CT molecular complexity index is 419. The van der Waals surface area contributed by atoms with Crippen LogP contribution in [-0.2, 0) is 20.4 Å². The molecule has 1 aliphatic carbocycles. The summed E-state index contributed by atoms with van der Waals surface area (Å²) in [6, 6.07) is 8.82. The van der Waals surface area contributed by atoms with Gasteiger partial charge in [-0.1, -0.05) is 0 Å². The number of allylic oxidation sites excluding steroid dienone is 1. The second kappa shape index (κ2) is 11.1. The van der Waals surface area contributed by atoms with Gasteiger partial charge in [0.1, 0.15) is 0 Å². The van der Waals surface area contributed by atoms with Crippen LogP contribution < -0.4 is 37.2 Å². The summed E-state index contributed by atoms with van der Waals surface area (Å²) in [5, 5.41) is 0. The zero-order valence-electron chi connectivity index (χ0n) is 11.9. The molecule has 0 spiro atoms. The maximum atomic E-state index is 2.51. The van der Waals surface area contributed by atoms with E-state index in [0.29, 0.717) is 5.92 Å². The van der Waals surface area contributed by atoms with Crippen molar-refractivity contribution >= 4 is 6.08 Å². The monoisotopic (exact) mass is 367 g/mol. The molecule has 1 aromatic rings. The van der Waals surface area contributed by atoms with Crippen molar-refractivity contribution in [2.24, 2.45) is 0 Å². The average molecular weight is 369 g/mol. The molecule has 0 fully saturated rings. The molecule has 0 saturated carbocycles. The standard InChI is InChI=1S/C15H20N.3ClH.Ti/c1-3-16(4-2)12-11-14-10-9-13-7-5-6-8-15(13)14;;;;/h5-9,14H,3-4,11-12H2,1-2H3;3*1H;/q;;;;+3/p-3. The van der Waals surface area contributed by atoms with Crippen LogP contribution in [0.3, 0.4) is 0 Å². The molecule has 2 rings (SSSR count). The van der Waals surface area contributed by atoms with Crippen LogP contribution in [0, 0.1) is 0 Å². The van der Waals surface area contributed by atoms with Gasteiger partial charge in [0.15, 0.2) is 0 Å². The number of hydrogen-bond donors (Lipinski definition) is 0. The predicted octanol–water partition coefficient (Wildman–Crippen LogP) is -5.58. The van der Waals surface area contributed by atoms with Gasteiger partial charge >= 0.3 is 117 Å². The van der Waals surface area contributed by atoms with Crippen LogP contribution in [0.25, 0.3) is 6.08 Å². The van der Waals surface area contributed by atoms with Gasteiger partial charge in [0.25, 0.3) is 0 Å². The Morgan fingerprint density at radius 2 is 1.65 bits per heavy atom. The van der Waals surface area contributed by atoms with E-state index in [-0.39, 0.29) is 37.2 Å². The molecule has 5 heteroatoms. The van der Waals surface area contributed by atoms with E-state index in [4.69, 9.17) is 0 Å². The molecule has 1 unspecified atom stereocenters. The van der Waals surface area contributed by atoms with Crippen molar-refractivity contribution in [2.45, 2.75) is 26.2 Å². The maximum Gasteiger partial charge on any atom is -1.00 e. The second-order valence-corrected chi connectivity index (χ2v) is 5.50. The normalized spacial score (nSPS) is 15.7. The predicted molar refractivity (Wildman–Crippen MR) is 69.6 cm³/mol. The molecule has 0 amide bonds. The van der Waals surface area contributed by atoms with Crippen molar-refractivity contribution in [3.63, 3.8) is 0 Å². The van der Waals surface area contributed by atoms with Crippen LogP contribution in [0.5, 0.6) is 0 Å². The first-order valence-electron chi connectivity index (χ1n) is 6.50. The van der Waals surface area contributed by atoms with Crippen molar-refractivity contribution in [3.05, 3.63) is 39.3 Å². The van der Waals surface area contributed by atoms with Crippen LogP contribution in [0.4, 0.5) is 0 Å². The van der Waals surface area contributed by atoms with Crippen molar-refractivity contribution in [1.29, 1.82) is 0 Å². The first-order chi connectivity index (χ1) is 8.26. The Balaban J connectivity index is 0. The molecule has 1 aromatic carbocycles. The molecule has 0 aliphatic heterocycles. The number of fused-ring (bicyclic) bond motifs is 1. The fourth-order valence-corrected chi connectivity index (χ4v) is 3.27. The Morgan fingerprint density at radius 1 is 1.05 bits per heavy atom. The molecule has 0 radical (unpaired) electrons. The number of rotatable bonds is 5. The molecular weight excluding hydrogens is 348 g/mol. The van der Waals surface area contributed by atoms with E-state index in [0.717, 1.165) is 13.1 Å². The number of benzene rings is 1. The molecular formula is C15H20Cl3NTi. The molecule has 1 atom stereocenters. The van der Waals surface area contributed by atoms with Gasteiger partial charge in [-0.2, -0.15) is 0 Å². The third-order valence-corrected chi connectivity index (χ3v) is 4.46. The maximum absolute atomic E-state index is 2.51. The number of halogens is 3. The van der Waals surface area contributed by atoms with E-state index in [9.17, 15) is 0 Å². The minimum atomic E-state index is 0. The van der Waals surface area contributed by atoms with Crippen molar-refractivity contribution < 1.29 is 57.7 Å². The zero-order valence-corrected chi connectivity index (χ0v) is 15.7. The van der Waals surface area contributed by atoms with Gasteiger partial charge in [0, 0.05) is 0 Å². The SMILES string of the molecule is CCN(CC)CCC1[C]([Ti+3])=Cc2ccccc21.[Cl-].[Cl-].[Cl-]. The molecule has 0 aromatic heterocycles. The van der Waals surface area contributed by atoms with Crippen LogP contribution in [0.2, 0.25) is 0 Å². The van der Waals surface area contributed by atoms with Gasteiger partial charge in [-0.25, -0.2) is 0 Å². The fourth-order valence-electron chi connectivity index (χ4n) is 2.56. The Labute approximate surface area is 153 Å². The molecule has 0 bridgehead atoms. The van der Waals surface area contributed by atoms with E-state index < -0.39 is 0 Å². The van der Waals surface area contributed by atoms with Crippen LogP contribution in [-0.4, -0.2) is 24.5 Å². The first-order valence-corrected chi connectivity index (χ1v) is 7.28. The minimum absolute atomic E-state index is 0. The first kappa shape index (κ1) is 22.8. The van der Waals surface area contributed by atoms with Gasteiger partial charge < -0.3 is 37.2 Å². The number of hydrogen-bond acceptors (Lipinski definition) is 1. The minimum Gasteiger partial charge on any atom is -1.00 e. The third-order valence-electron chi connectivity index (χ3n) is 3.69. The van der Waals surface area contributed by atoms with Crippen molar-refractivity contribution in [1.82, 2.24) is 4.90 Å². The van der Waals surface area contributed by atoms with Gasteiger partial charge in [-0.3, -0.25) is 0 Å². The molecule has 0 saturated heterocycles. The van der Waals surface area contributed by atoms with E-state index in [1.807, 2.05) is 0 Å².